The molecule has 1 aliphatic rings. The highest BCUT2D eigenvalue weighted by Crippen LogP contribution is 2.21. The highest BCUT2D eigenvalue weighted by Gasteiger charge is 2.15. The molecule has 110 valence electrons. The van der Waals surface area contributed by atoms with E-state index in [4.69, 9.17) is 4.74 Å². The van der Waals surface area contributed by atoms with Gasteiger partial charge in [-0.05, 0) is 16.8 Å². The van der Waals surface area contributed by atoms with Crippen LogP contribution in [0.5, 0.6) is 0 Å². The summed E-state index contributed by atoms with van der Waals surface area (Å²) in [5, 5.41) is 19.2. The minimum absolute atomic E-state index is 0.544. The van der Waals surface area contributed by atoms with Gasteiger partial charge in [-0.2, -0.15) is 0 Å². The molecule has 1 fully saturated rings. The Morgan fingerprint density at radius 2 is 1.55 bits per heavy atom. The van der Waals surface area contributed by atoms with Crippen LogP contribution in [0.4, 0.5) is 5.95 Å². The summed E-state index contributed by atoms with van der Waals surface area (Å²) < 4.78 is 5.32. The Morgan fingerprint density at radius 1 is 0.818 bits per heavy atom. The Bertz CT molecular complexity index is 784. The zero-order chi connectivity index (χ0) is 14.8. The average molecular weight is 293 g/mol. The lowest BCUT2D eigenvalue weighted by Crippen LogP contribution is -2.37. The molecule has 22 heavy (non-hydrogen) atoms. The van der Waals surface area contributed by atoms with Gasteiger partial charge in [0.15, 0.2) is 0 Å². The predicted molar refractivity (Wildman–Crippen MR) is 83.6 cm³/mol. The normalized spacial score (nSPS) is 15.2. The monoisotopic (exact) mass is 293 g/mol. The highest BCUT2D eigenvalue weighted by molar-refractivity contribution is 5.86. The lowest BCUT2D eigenvalue weighted by Gasteiger charge is -2.25. The number of hydrogen-bond donors (Lipinski definition) is 0. The van der Waals surface area contributed by atoms with Crippen LogP contribution < -0.4 is 4.90 Å². The number of hydrogen-bond acceptors (Lipinski definition) is 6. The third kappa shape index (κ3) is 2.48. The summed E-state index contributed by atoms with van der Waals surface area (Å²) in [6, 6.07) is 14.3. The van der Waals surface area contributed by atoms with Crippen molar-refractivity contribution < 1.29 is 4.74 Å². The molecule has 0 bridgehead atoms. The fraction of sp³-hybridized carbons (Fsp3) is 0.250. The van der Waals surface area contributed by atoms with Gasteiger partial charge < -0.3 is 9.64 Å². The molecule has 6 heteroatoms. The van der Waals surface area contributed by atoms with Crippen LogP contribution in [0, 0.1) is 0 Å². The molecule has 4 rings (SSSR count). The van der Waals surface area contributed by atoms with Gasteiger partial charge in [-0.3, -0.25) is 0 Å². The van der Waals surface area contributed by atoms with Gasteiger partial charge in [-0.1, -0.05) is 36.4 Å². The molecule has 0 amide bonds. The van der Waals surface area contributed by atoms with E-state index in [1.54, 1.807) is 0 Å². The molecule has 1 aliphatic heterocycles. The first kappa shape index (κ1) is 13.1. The minimum atomic E-state index is 0.544. The van der Waals surface area contributed by atoms with Gasteiger partial charge in [-0.15, -0.1) is 20.4 Å². The number of anilines is 1. The van der Waals surface area contributed by atoms with Crippen LogP contribution in [0.25, 0.3) is 22.2 Å². The molecule has 0 N–H and O–H groups in total. The summed E-state index contributed by atoms with van der Waals surface area (Å²) in [7, 11) is 0. The van der Waals surface area contributed by atoms with Crippen molar-refractivity contribution in [3.63, 3.8) is 0 Å². The molecule has 1 aromatic heterocycles. The number of benzene rings is 2. The average Bonchev–Trinajstić information content (AvgIpc) is 2.62. The number of morpholine rings is 1. The molecule has 0 atom stereocenters. The smallest absolute Gasteiger partial charge is 0.264 e. The van der Waals surface area contributed by atoms with E-state index in [1.165, 1.54) is 5.39 Å². The molecule has 2 aromatic carbocycles. The Balaban J connectivity index is 1.63. The molecule has 0 unspecified atom stereocenters. The van der Waals surface area contributed by atoms with Crippen molar-refractivity contribution in [1.82, 2.24) is 20.4 Å². The van der Waals surface area contributed by atoms with Gasteiger partial charge in [0, 0.05) is 18.7 Å². The van der Waals surface area contributed by atoms with Gasteiger partial charge in [0.1, 0.15) is 0 Å². The molecule has 0 spiro atoms. The summed E-state index contributed by atoms with van der Waals surface area (Å²) >= 11 is 0. The molecule has 0 saturated carbocycles. The van der Waals surface area contributed by atoms with Gasteiger partial charge in [0.25, 0.3) is 5.95 Å². The van der Waals surface area contributed by atoms with Crippen LogP contribution in [0.2, 0.25) is 0 Å². The highest BCUT2D eigenvalue weighted by atomic mass is 16.5. The zero-order valence-corrected chi connectivity index (χ0v) is 12.0. The topological polar surface area (TPSA) is 64.0 Å². The number of aromatic nitrogens is 4. The number of nitrogens with zero attached hydrogens (tertiary/aromatic N) is 5. The van der Waals surface area contributed by atoms with Crippen molar-refractivity contribution in [2.45, 2.75) is 0 Å². The second kappa shape index (κ2) is 5.65. The van der Waals surface area contributed by atoms with Crippen molar-refractivity contribution >= 4 is 16.7 Å². The van der Waals surface area contributed by atoms with Gasteiger partial charge in [0.2, 0.25) is 5.82 Å². The van der Waals surface area contributed by atoms with Crippen LogP contribution in [-0.2, 0) is 4.74 Å². The fourth-order valence-electron chi connectivity index (χ4n) is 2.56. The Morgan fingerprint density at radius 3 is 2.32 bits per heavy atom. The van der Waals surface area contributed by atoms with E-state index in [1.807, 2.05) is 23.1 Å². The van der Waals surface area contributed by atoms with Crippen LogP contribution in [-0.4, -0.2) is 46.7 Å². The molecular formula is C16H15N5O. The molecule has 2 heterocycles. The largest absolute Gasteiger partial charge is 0.378 e. The Kier molecular flexibility index (Phi) is 3.36. The summed E-state index contributed by atoms with van der Waals surface area (Å²) in [4.78, 5) is 2.04. The van der Waals surface area contributed by atoms with Gasteiger partial charge >= 0.3 is 0 Å². The number of rotatable bonds is 2. The zero-order valence-electron chi connectivity index (χ0n) is 12.0. The maximum absolute atomic E-state index is 5.32. The summed E-state index contributed by atoms with van der Waals surface area (Å²) in [5.41, 5.74) is 0.923. The van der Waals surface area contributed by atoms with E-state index in [0.29, 0.717) is 25.0 Å². The number of ether oxygens (including phenoxy) is 1. The van der Waals surface area contributed by atoms with Crippen molar-refractivity contribution in [2.75, 3.05) is 31.2 Å². The van der Waals surface area contributed by atoms with Crippen LogP contribution >= 0.6 is 0 Å². The third-order valence-electron chi connectivity index (χ3n) is 3.77. The minimum Gasteiger partial charge on any atom is -0.378 e. The van der Waals surface area contributed by atoms with Crippen molar-refractivity contribution in [3.05, 3.63) is 42.5 Å². The first-order valence-corrected chi connectivity index (χ1v) is 7.29. The Labute approximate surface area is 127 Å². The van der Waals surface area contributed by atoms with E-state index < -0.39 is 0 Å². The van der Waals surface area contributed by atoms with Crippen molar-refractivity contribution in [1.29, 1.82) is 0 Å². The summed E-state index contributed by atoms with van der Waals surface area (Å²) in [6.07, 6.45) is 0. The lowest BCUT2D eigenvalue weighted by atomic mass is 10.1. The molecule has 0 aliphatic carbocycles. The first-order chi connectivity index (χ1) is 10.9. The van der Waals surface area contributed by atoms with E-state index in [9.17, 15) is 0 Å². The molecule has 3 aromatic rings. The maximum Gasteiger partial charge on any atom is 0.264 e. The van der Waals surface area contributed by atoms with E-state index in [0.717, 1.165) is 24.0 Å². The Hall–Kier alpha value is -2.60. The van der Waals surface area contributed by atoms with E-state index in [-0.39, 0.29) is 0 Å². The summed E-state index contributed by atoms with van der Waals surface area (Å²) in [6.45, 7) is 2.93. The van der Waals surface area contributed by atoms with E-state index in [2.05, 4.69) is 44.7 Å². The van der Waals surface area contributed by atoms with Crippen LogP contribution in [0.15, 0.2) is 42.5 Å². The third-order valence-corrected chi connectivity index (χ3v) is 3.77. The quantitative estimate of drug-likeness (QED) is 0.719. The molecule has 1 saturated heterocycles. The number of fused-ring (bicyclic) bond motifs is 1. The molecular weight excluding hydrogens is 278 g/mol. The fourth-order valence-corrected chi connectivity index (χ4v) is 2.56. The SMILES string of the molecule is c1ccc2cc(-c3nnc(N4CCOCC4)nn3)ccc2c1. The van der Waals surface area contributed by atoms with Crippen LogP contribution in [0.1, 0.15) is 0 Å². The predicted octanol–water partition coefficient (Wildman–Crippen LogP) is 1.92. The standard InChI is InChI=1S/C16H15N5O/c1-2-4-13-11-14(6-5-12(13)3-1)15-17-19-16(20-18-15)21-7-9-22-10-8-21/h1-6,11H,7-10H2. The summed E-state index contributed by atoms with van der Waals surface area (Å²) in [5.74, 6) is 1.11. The van der Waals surface area contributed by atoms with Gasteiger partial charge in [0.05, 0.1) is 13.2 Å². The lowest BCUT2D eigenvalue weighted by molar-refractivity contribution is 0.122. The molecule has 0 radical (unpaired) electrons. The second-order valence-corrected chi connectivity index (χ2v) is 5.18. The van der Waals surface area contributed by atoms with E-state index >= 15 is 0 Å². The second-order valence-electron chi connectivity index (χ2n) is 5.18. The van der Waals surface area contributed by atoms with Crippen LogP contribution in [0.3, 0.4) is 0 Å². The molecule has 6 nitrogen and oxygen atoms in total. The van der Waals surface area contributed by atoms with Gasteiger partial charge in [-0.25, -0.2) is 0 Å². The first-order valence-electron chi connectivity index (χ1n) is 7.29. The van der Waals surface area contributed by atoms with Crippen molar-refractivity contribution in [3.8, 4) is 11.4 Å². The maximum atomic E-state index is 5.32. The van der Waals surface area contributed by atoms with Crippen molar-refractivity contribution in [2.24, 2.45) is 0 Å².